The van der Waals surface area contributed by atoms with Crippen molar-refractivity contribution in [2.24, 2.45) is 5.92 Å². The molecule has 1 unspecified atom stereocenters. The maximum atomic E-state index is 12.8. The molecule has 5 heteroatoms. The number of carbonyl (C=O) groups is 1. The zero-order chi connectivity index (χ0) is 15.4. The second kappa shape index (κ2) is 6.75. The molecule has 0 saturated heterocycles. The van der Waals surface area contributed by atoms with E-state index in [0.29, 0.717) is 13.1 Å². The lowest BCUT2D eigenvalue weighted by atomic mass is 9.94. The minimum Gasteiger partial charge on any atom is -0.395 e. The summed E-state index contributed by atoms with van der Waals surface area (Å²) in [6.45, 7) is 1.76. The Kier molecular flexibility index (Phi) is 4.53. The van der Waals surface area contributed by atoms with Crippen LogP contribution in [0.3, 0.4) is 0 Å². The molecule has 0 bridgehead atoms. The van der Waals surface area contributed by atoms with Crippen molar-refractivity contribution in [1.29, 1.82) is 0 Å². The van der Waals surface area contributed by atoms with Crippen molar-refractivity contribution < 1.29 is 9.90 Å². The molecule has 1 amide bonds. The van der Waals surface area contributed by atoms with Crippen molar-refractivity contribution in [1.82, 2.24) is 14.5 Å². The first kappa shape index (κ1) is 14.8. The predicted molar refractivity (Wildman–Crippen MR) is 83.0 cm³/mol. The van der Waals surface area contributed by atoms with Crippen LogP contribution in [0.2, 0.25) is 0 Å². The number of nitrogens with zero attached hydrogens (tertiary/aromatic N) is 3. The maximum absolute atomic E-state index is 12.8. The number of rotatable bonds is 5. The van der Waals surface area contributed by atoms with Crippen LogP contribution in [0.25, 0.3) is 0 Å². The number of imidazole rings is 1. The monoisotopic (exact) mass is 299 g/mol. The number of aromatic nitrogens is 2. The van der Waals surface area contributed by atoms with Crippen LogP contribution in [-0.4, -0.2) is 38.6 Å². The van der Waals surface area contributed by atoms with E-state index in [-0.39, 0.29) is 18.4 Å². The van der Waals surface area contributed by atoms with Gasteiger partial charge in [0.2, 0.25) is 5.91 Å². The molecule has 1 aliphatic heterocycles. The highest BCUT2D eigenvalue weighted by Gasteiger charge is 2.28. The van der Waals surface area contributed by atoms with Gasteiger partial charge >= 0.3 is 0 Å². The van der Waals surface area contributed by atoms with Gasteiger partial charge in [0.1, 0.15) is 0 Å². The Morgan fingerprint density at radius 3 is 2.95 bits per heavy atom. The first-order valence-corrected chi connectivity index (χ1v) is 7.70. The summed E-state index contributed by atoms with van der Waals surface area (Å²) in [6, 6.07) is 9.91. The van der Waals surface area contributed by atoms with Crippen molar-refractivity contribution in [2.75, 3.05) is 13.2 Å². The number of aliphatic hydroxyl groups excluding tert-OH is 1. The quantitative estimate of drug-likeness (QED) is 0.909. The van der Waals surface area contributed by atoms with Crippen LogP contribution < -0.4 is 0 Å². The number of hydrogen-bond acceptors (Lipinski definition) is 3. The third-order valence-corrected chi connectivity index (χ3v) is 4.22. The first-order valence-electron chi connectivity index (χ1n) is 7.70. The molecule has 2 heterocycles. The van der Waals surface area contributed by atoms with E-state index in [0.717, 1.165) is 30.6 Å². The normalized spacial score (nSPS) is 17.0. The largest absolute Gasteiger partial charge is 0.395 e. The summed E-state index contributed by atoms with van der Waals surface area (Å²) in [7, 11) is 0. The standard InChI is InChI=1S/C17H21N3O2/c21-9-8-19(12-14-4-2-1-3-5-14)17(22)15-6-7-20-13-18-11-16(20)10-15/h1-5,11,13,15,21H,6-10,12H2. The fourth-order valence-electron chi connectivity index (χ4n) is 3.03. The molecule has 5 nitrogen and oxygen atoms in total. The van der Waals surface area contributed by atoms with Gasteiger partial charge in [-0.05, 0) is 12.0 Å². The van der Waals surface area contributed by atoms with Gasteiger partial charge in [0.05, 0.1) is 12.9 Å². The van der Waals surface area contributed by atoms with E-state index < -0.39 is 0 Å². The Hall–Kier alpha value is -2.14. The predicted octanol–water partition coefficient (Wildman–Crippen LogP) is 1.47. The molecule has 0 spiro atoms. The molecule has 0 radical (unpaired) electrons. The third-order valence-electron chi connectivity index (χ3n) is 4.22. The molecular formula is C17H21N3O2. The molecule has 1 aromatic carbocycles. The fraction of sp³-hybridized carbons (Fsp3) is 0.412. The number of aryl methyl sites for hydroxylation is 1. The highest BCUT2D eigenvalue weighted by Crippen LogP contribution is 2.22. The molecule has 0 aliphatic carbocycles. The summed E-state index contributed by atoms with van der Waals surface area (Å²) in [4.78, 5) is 18.7. The van der Waals surface area contributed by atoms with Gasteiger partial charge in [-0.25, -0.2) is 4.98 Å². The summed E-state index contributed by atoms with van der Waals surface area (Å²) in [6.07, 6.45) is 5.23. The minimum absolute atomic E-state index is 0.0107. The highest BCUT2D eigenvalue weighted by molar-refractivity contribution is 5.79. The topological polar surface area (TPSA) is 58.4 Å². The van der Waals surface area contributed by atoms with Crippen molar-refractivity contribution in [2.45, 2.75) is 25.9 Å². The Morgan fingerprint density at radius 2 is 2.18 bits per heavy atom. The van der Waals surface area contributed by atoms with Crippen molar-refractivity contribution in [3.63, 3.8) is 0 Å². The SMILES string of the molecule is O=C(C1CCn2cncc2C1)N(CCO)Cc1ccccc1. The maximum Gasteiger partial charge on any atom is 0.226 e. The molecule has 1 aromatic heterocycles. The Labute approximate surface area is 130 Å². The smallest absolute Gasteiger partial charge is 0.226 e. The fourth-order valence-corrected chi connectivity index (χ4v) is 3.03. The second-order valence-corrected chi connectivity index (χ2v) is 5.74. The molecule has 116 valence electrons. The van der Waals surface area contributed by atoms with Gasteiger partial charge in [-0.1, -0.05) is 30.3 Å². The van der Waals surface area contributed by atoms with Gasteiger partial charge in [-0.15, -0.1) is 0 Å². The van der Waals surface area contributed by atoms with E-state index in [1.54, 1.807) is 4.90 Å². The molecule has 1 N–H and O–H groups in total. The molecule has 0 fully saturated rings. The van der Waals surface area contributed by atoms with Gasteiger partial charge in [0, 0.05) is 43.9 Å². The molecule has 1 aliphatic rings. The Balaban J connectivity index is 1.70. The van der Waals surface area contributed by atoms with E-state index in [1.165, 1.54) is 0 Å². The molecule has 0 saturated carbocycles. The van der Waals surface area contributed by atoms with Gasteiger partial charge in [-0.2, -0.15) is 0 Å². The number of carbonyl (C=O) groups excluding carboxylic acids is 1. The summed E-state index contributed by atoms with van der Waals surface area (Å²) in [5.74, 6) is 0.116. The van der Waals surface area contributed by atoms with Crippen LogP contribution in [0, 0.1) is 5.92 Å². The molecule has 2 aromatic rings. The van der Waals surface area contributed by atoms with Crippen LogP contribution in [0.15, 0.2) is 42.9 Å². The zero-order valence-corrected chi connectivity index (χ0v) is 12.6. The molecule has 3 rings (SSSR count). The summed E-state index contributed by atoms with van der Waals surface area (Å²) >= 11 is 0. The van der Waals surface area contributed by atoms with E-state index in [4.69, 9.17) is 0 Å². The third kappa shape index (κ3) is 3.20. The molecule has 22 heavy (non-hydrogen) atoms. The first-order chi connectivity index (χ1) is 10.8. The van der Waals surface area contributed by atoms with Crippen molar-refractivity contribution in [3.8, 4) is 0 Å². The second-order valence-electron chi connectivity index (χ2n) is 5.74. The zero-order valence-electron chi connectivity index (χ0n) is 12.6. The van der Waals surface area contributed by atoms with Crippen LogP contribution in [0.5, 0.6) is 0 Å². The number of hydrogen-bond donors (Lipinski definition) is 1. The number of benzene rings is 1. The minimum atomic E-state index is -0.0144. The lowest BCUT2D eigenvalue weighted by Gasteiger charge is -2.29. The van der Waals surface area contributed by atoms with Gasteiger partial charge < -0.3 is 14.6 Å². The summed E-state index contributed by atoms with van der Waals surface area (Å²) in [5.41, 5.74) is 2.21. The number of fused-ring (bicyclic) bond motifs is 1. The van der Waals surface area contributed by atoms with Crippen LogP contribution in [-0.2, 0) is 24.3 Å². The lowest BCUT2D eigenvalue weighted by Crippen LogP contribution is -2.40. The average molecular weight is 299 g/mol. The molecular weight excluding hydrogens is 278 g/mol. The van der Waals surface area contributed by atoms with E-state index in [9.17, 15) is 9.90 Å². The van der Waals surface area contributed by atoms with Crippen molar-refractivity contribution in [3.05, 3.63) is 54.1 Å². The summed E-state index contributed by atoms with van der Waals surface area (Å²) in [5, 5.41) is 9.28. The van der Waals surface area contributed by atoms with Crippen LogP contribution in [0.1, 0.15) is 17.7 Å². The Bertz CT molecular complexity index is 624. The number of aliphatic hydroxyl groups is 1. The van der Waals surface area contributed by atoms with Gasteiger partial charge in [0.25, 0.3) is 0 Å². The molecule has 1 atom stereocenters. The van der Waals surface area contributed by atoms with Gasteiger partial charge in [0.15, 0.2) is 0 Å². The van der Waals surface area contributed by atoms with E-state index in [2.05, 4.69) is 9.55 Å². The van der Waals surface area contributed by atoms with E-state index in [1.807, 2.05) is 42.9 Å². The van der Waals surface area contributed by atoms with Crippen LogP contribution in [0.4, 0.5) is 0 Å². The number of amides is 1. The lowest BCUT2D eigenvalue weighted by molar-refractivity contribution is -0.137. The van der Waals surface area contributed by atoms with Gasteiger partial charge in [-0.3, -0.25) is 4.79 Å². The van der Waals surface area contributed by atoms with E-state index >= 15 is 0 Å². The average Bonchev–Trinajstić information content (AvgIpc) is 3.02. The van der Waals surface area contributed by atoms with Crippen LogP contribution >= 0.6 is 0 Å². The highest BCUT2D eigenvalue weighted by atomic mass is 16.3. The summed E-state index contributed by atoms with van der Waals surface area (Å²) < 4.78 is 2.11. The Morgan fingerprint density at radius 1 is 1.36 bits per heavy atom. The van der Waals surface area contributed by atoms with Crippen molar-refractivity contribution >= 4 is 5.91 Å².